The number of esters is 1. The maximum absolute atomic E-state index is 13.1. The van der Waals surface area contributed by atoms with Crippen LogP contribution in [0.3, 0.4) is 0 Å². The average Bonchev–Trinajstić information content (AvgIpc) is 3.01. The van der Waals surface area contributed by atoms with E-state index < -0.39 is 21.9 Å². The van der Waals surface area contributed by atoms with Gasteiger partial charge in [0.2, 0.25) is 0 Å². The number of hydrogen-bond donors (Lipinski definition) is 2. The third-order valence-electron chi connectivity index (χ3n) is 4.84. The molecule has 0 radical (unpaired) electrons. The van der Waals surface area contributed by atoms with E-state index in [0.717, 1.165) is 16.0 Å². The van der Waals surface area contributed by atoms with Crippen LogP contribution in [0.5, 0.6) is 0 Å². The van der Waals surface area contributed by atoms with Gasteiger partial charge in [0.25, 0.3) is 15.9 Å². The number of anilines is 2. The van der Waals surface area contributed by atoms with Gasteiger partial charge >= 0.3 is 5.97 Å². The minimum atomic E-state index is -3.89. The van der Waals surface area contributed by atoms with Crippen molar-refractivity contribution < 1.29 is 22.7 Å². The summed E-state index contributed by atoms with van der Waals surface area (Å²) in [7, 11) is -3.89. The molecule has 168 valence electrons. The normalized spacial score (nSPS) is 11.1. The van der Waals surface area contributed by atoms with Crippen molar-refractivity contribution in [2.75, 3.05) is 16.6 Å². The van der Waals surface area contributed by atoms with Crippen molar-refractivity contribution in [3.8, 4) is 0 Å². The van der Waals surface area contributed by atoms with Crippen molar-refractivity contribution in [3.05, 3.63) is 75.7 Å². The van der Waals surface area contributed by atoms with Crippen LogP contribution in [0.4, 0.5) is 10.7 Å². The van der Waals surface area contributed by atoms with Crippen molar-refractivity contribution in [2.24, 2.45) is 0 Å². The molecule has 3 aromatic rings. The van der Waals surface area contributed by atoms with Crippen LogP contribution in [0, 0.1) is 20.8 Å². The maximum Gasteiger partial charge on any atom is 0.341 e. The summed E-state index contributed by atoms with van der Waals surface area (Å²) in [5.74, 6) is -1.06. The molecule has 0 atom stereocenters. The summed E-state index contributed by atoms with van der Waals surface area (Å²) in [6.45, 7) is 7.42. The highest BCUT2D eigenvalue weighted by molar-refractivity contribution is 7.92. The first kappa shape index (κ1) is 23.5. The van der Waals surface area contributed by atoms with E-state index in [1.54, 1.807) is 38.1 Å². The van der Waals surface area contributed by atoms with E-state index in [-0.39, 0.29) is 22.8 Å². The molecule has 1 aromatic heterocycles. The summed E-state index contributed by atoms with van der Waals surface area (Å²) < 4.78 is 33.2. The summed E-state index contributed by atoms with van der Waals surface area (Å²) in [5.41, 5.74) is 2.23. The van der Waals surface area contributed by atoms with Crippen molar-refractivity contribution in [3.63, 3.8) is 0 Å². The Balaban J connectivity index is 1.91. The molecule has 7 nitrogen and oxygen atoms in total. The van der Waals surface area contributed by atoms with Crippen molar-refractivity contribution in [1.82, 2.24) is 0 Å². The molecule has 1 heterocycles. The minimum absolute atomic E-state index is 0.0902. The van der Waals surface area contributed by atoms with Gasteiger partial charge in [0.15, 0.2) is 0 Å². The highest BCUT2D eigenvalue weighted by atomic mass is 32.2. The van der Waals surface area contributed by atoms with Gasteiger partial charge in [0, 0.05) is 4.88 Å². The topological polar surface area (TPSA) is 102 Å². The Morgan fingerprint density at radius 3 is 2.31 bits per heavy atom. The van der Waals surface area contributed by atoms with Gasteiger partial charge in [-0.1, -0.05) is 29.8 Å². The van der Waals surface area contributed by atoms with Crippen LogP contribution >= 0.6 is 11.3 Å². The van der Waals surface area contributed by atoms with E-state index in [2.05, 4.69) is 10.0 Å². The largest absolute Gasteiger partial charge is 0.462 e. The van der Waals surface area contributed by atoms with Gasteiger partial charge in [-0.2, -0.15) is 0 Å². The quantitative estimate of drug-likeness (QED) is 0.476. The molecular formula is C23H24N2O5S2. The lowest BCUT2D eigenvalue weighted by atomic mass is 10.1. The zero-order valence-electron chi connectivity index (χ0n) is 18.2. The standard InChI is InChI=1S/C23H24N2O5S2/c1-5-30-23(27)20-15(3)16(4)31-22(20)24-21(26)18-8-6-7-9-19(18)25-32(28,29)17-12-10-14(2)11-13-17/h6-13,25H,5H2,1-4H3,(H,24,26). The third kappa shape index (κ3) is 5.00. The summed E-state index contributed by atoms with van der Waals surface area (Å²) in [4.78, 5) is 26.4. The number of para-hydroxylation sites is 1. The molecule has 0 aliphatic rings. The number of hydrogen-bond acceptors (Lipinski definition) is 6. The lowest BCUT2D eigenvalue weighted by Gasteiger charge is -2.13. The molecule has 0 bridgehead atoms. The summed E-state index contributed by atoms with van der Waals surface area (Å²) >= 11 is 1.26. The molecule has 0 saturated carbocycles. The van der Waals surface area contributed by atoms with Crippen molar-refractivity contribution in [1.29, 1.82) is 0 Å². The second-order valence-corrected chi connectivity index (χ2v) is 10.0. The Labute approximate surface area is 191 Å². The molecule has 1 amide bonds. The number of benzene rings is 2. The zero-order chi connectivity index (χ0) is 23.5. The lowest BCUT2D eigenvalue weighted by molar-refractivity contribution is 0.0527. The number of ether oxygens (including phenoxy) is 1. The van der Waals surface area contributed by atoms with Crippen molar-refractivity contribution >= 4 is 43.9 Å². The van der Waals surface area contributed by atoms with Crippen LogP contribution in [-0.2, 0) is 14.8 Å². The molecule has 3 rings (SSSR count). The Hall–Kier alpha value is -3.17. The van der Waals surface area contributed by atoms with Gasteiger partial charge in [-0.25, -0.2) is 13.2 Å². The molecule has 2 N–H and O–H groups in total. The number of thiophene rings is 1. The van der Waals surface area contributed by atoms with E-state index in [0.29, 0.717) is 10.6 Å². The molecule has 0 aliphatic heterocycles. The highest BCUT2D eigenvalue weighted by Crippen LogP contribution is 2.34. The summed E-state index contributed by atoms with van der Waals surface area (Å²) in [6.07, 6.45) is 0. The first-order valence-corrected chi connectivity index (χ1v) is 12.2. The van der Waals surface area contributed by atoms with Gasteiger partial charge in [-0.15, -0.1) is 11.3 Å². The van der Waals surface area contributed by atoms with Gasteiger partial charge in [-0.05, 0) is 57.5 Å². The maximum atomic E-state index is 13.1. The summed E-state index contributed by atoms with van der Waals surface area (Å²) in [5, 5.41) is 3.11. The number of carbonyl (C=O) groups excluding carboxylic acids is 2. The lowest BCUT2D eigenvalue weighted by Crippen LogP contribution is -2.19. The number of sulfonamides is 1. The molecule has 0 spiro atoms. The monoisotopic (exact) mass is 472 g/mol. The molecule has 2 aromatic carbocycles. The minimum Gasteiger partial charge on any atom is -0.462 e. The average molecular weight is 473 g/mol. The third-order valence-corrected chi connectivity index (χ3v) is 7.34. The number of carbonyl (C=O) groups is 2. The van der Waals surface area contributed by atoms with Gasteiger partial charge < -0.3 is 10.1 Å². The number of rotatable bonds is 7. The predicted molar refractivity (Wildman–Crippen MR) is 126 cm³/mol. The predicted octanol–water partition coefficient (Wildman–Crippen LogP) is 4.90. The number of amides is 1. The first-order valence-electron chi connectivity index (χ1n) is 9.91. The zero-order valence-corrected chi connectivity index (χ0v) is 19.8. The van der Waals surface area contributed by atoms with E-state index >= 15 is 0 Å². The Bertz CT molecular complexity index is 1260. The fraction of sp³-hybridized carbons (Fsp3) is 0.217. The molecule has 9 heteroatoms. The SMILES string of the molecule is CCOC(=O)c1c(NC(=O)c2ccccc2NS(=O)(=O)c2ccc(C)cc2)sc(C)c1C. The van der Waals surface area contributed by atoms with Gasteiger partial charge in [0.05, 0.1) is 28.3 Å². The summed E-state index contributed by atoms with van der Waals surface area (Å²) in [6, 6.07) is 12.7. The number of nitrogens with one attached hydrogen (secondary N) is 2. The van der Waals surface area contributed by atoms with Crippen LogP contribution in [0.1, 0.15) is 43.6 Å². The molecule has 0 saturated heterocycles. The van der Waals surface area contributed by atoms with Crippen molar-refractivity contribution in [2.45, 2.75) is 32.6 Å². The molecule has 0 fully saturated rings. The van der Waals surface area contributed by atoms with Crippen LogP contribution < -0.4 is 10.0 Å². The smallest absolute Gasteiger partial charge is 0.341 e. The van der Waals surface area contributed by atoms with E-state index in [1.165, 1.54) is 35.6 Å². The van der Waals surface area contributed by atoms with Crippen LogP contribution in [-0.4, -0.2) is 26.9 Å². The molecule has 32 heavy (non-hydrogen) atoms. The Morgan fingerprint density at radius 2 is 1.66 bits per heavy atom. The molecule has 0 aliphatic carbocycles. The van der Waals surface area contributed by atoms with Gasteiger partial charge in [0.1, 0.15) is 5.00 Å². The second-order valence-electron chi connectivity index (χ2n) is 7.13. The van der Waals surface area contributed by atoms with E-state index in [4.69, 9.17) is 4.74 Å². The molecular weight excluding hydrogens is 448 g/mol. The van der Waals surface area contributed by atoms with E-state index in [1.807, 2.05) is 13.8 Å². The van der Waals surface area contributed by atoms with Crippen LogP contribution in [0.25, 0.3) is 0 Å². The Morgan fingerprint density at radius 1 is 1.00 bits per heavy atom. The fourth-order valence-electron chi connectivity index (χ4n) is 3.03. The molecule has 0 unspecified atom stereocenters. The highest BCUT2D eigenvalue weighted by Gasteiger charge is 2.24. The van der Waals surface area contributed by atoms with Crippen LogP contribution in [0.15, 0.2) is 53.4 Å². The van der Waals surface area contributed by atoms with E-state index in [9.17, 15) is 18.0 Å². The first-order chi connectivity index (χ1) is 15.1. The fourth-order valence-corrected chi connectivity index (χ4v) is 5.15. The van der Waals surface area contributed by atoms with Crippen LogP contribution in [0.2, 0.25) is 0 Å². The number of aryl methyl sites for hydroxylation is 2. The Kier molecular flexibility index (Phi) is 7.00. The van der Waals surface area contributed by atoms with Gasteiger partial charge in [-0.3, -0.25) is 9.52 Å². The second kappa shape index (κ2) is 9.54.